The lowest BCUT2D eigenvalue weighted by Gasteiger charge is -2.24. The summed E-state index contributed by atoms with van der Waals surface area (Å²) in [6, 6.07) is 5.38. The second kappa shape index (κ2) is 6.72. The van der Waals surface area contributed by atoms with Crippen molar-refractivity contribution in [2.75, 3.05) is 39.0 Å². The van der Waals surface area contributed by atoms with Crippen LogP contribution in [0.1, 0.15) is 0 Å². The fourth-order valence-corrected chi connectivity index (χ4v) is 4.63. The normalized spacial score (nSPS) is 31.1. The van der Waals surface area contributed by atoms with Crippen LogP contribution in [-0.2, 0) is 23.8 Å². The number of benzene rings is 1. The second-order valence-corrected chi connectivity index (χ2v) is 7.51. The molecule has 1 N–H and O–H groups in total. The summed E-state index contributed by atoms with van der Waals surface area (Å²) in [7, 11) is 3.00. The average Bonchev–Trinajstić information content (AvgIpc) is 3.48. The number of rotatable bonds is 6. The molecule has 2 saturated heterocycles. The van der Waals surface area contributed by atoms with Crippen molar-refractivity contribution in [1.82, 2.24) is 5.32 Å². The highest BCUT2D eigenvalue weighted by Crippen LogP contribution is 2.53. The zero-order chi connectivity index (χ0) is 20.2. The van der Waals surface area contributed by atoms with E-state index in [4.69, 9.17) is 23.7 Å². The maximum absolute atomic E-state index is 13.3. The Bertz CT molecular complexity index is 884. The van der Waals surface area contributed by atoms with Gasteiger partial charge in [-0.15, -0.1) is 0 Å². The van der Waals surface area contributed by atoms with E-state index in [0.29, 0.717) is 23.7 Å². The van der Waals surface area contributed by atoms with E-state index >= 15 is 0 Å². The van der Waals surface area contributed by atoms with Crippen molar-refractivity contribution in [2.24, 2.45) is 11.8 Å². The molecule has 0 aliphatic carbocycles. The van der Waals surface area contributed by atoms with Crippen molar-refractivity contribution in [3.8, 4) is 11.5 Å². The molecule has 4 aliphatic rings. The third kappa shape index (κ3) is 2.72. The Kier molecular flexibility index (Phi) is 4.27. The van der Waals surface area contributed by atoms with Crippen molar-refractivity contribution < 1.29 is 33.3 Å². The van der Waals surface area contributed by atoms with E-state index in [-0.39, 0.29) is 25.2 Å². The van der Waals surface area contributed by atoms with E-state index < -0.39 is 29.8 Å². The van der Waals surface area contributed by atoms with Crippen LogP contribution in [0.15, 0.2) is 30.4 Å². The summed E-state index contributed by atoms with van der Waals surface area (Å²) in [4.78, 5) is 27.9. The molecule has 5 rings (SSSR count). The Morgan fingerprint density at radius 2 is 2.10 bits per heavy atom. The zero-order valence-electron chi connectivity index (χ0n) is 16.1. The molecular formula is C20H22N2O7. The third-order valence-electron chi connectivity index (χ3n) is 6.04. The highest BCUT2D eigenvalue weighted by atomic mass is 16.7. The molecule has 2 amide bonds. The van der Waals surface area contributed by atoms with Gasteiger partial charge in [0.15, 0.2) is 17.8 Å². The van der Waals surface area contributed by atoms with Gasteiger partial charge in [0.1, 0.15) is 5.60 Å². The predicted octanol–water partition coefficient (Wildman–Crippen LogP) is 0.437. The summed E-state index contributed by atoms with van der Waals surface area (Å²) in [6.45, 7) is 0.712. The standard InChI is InChI=1S/C20H22N2O7/c1-25-15(26-2)8-21-18(23)16-13-5-6-20(29-13)9-22(19(24)17(16)20)11-3-4-12-14(7-11)28-10-27-12/h3-7,13,15-17H,8-10H2,1-2H3,(H,21,23)/t13-,16+,17+,20-/m1/s1. The Balaban J connectivity index is 1.38. The van der Waals surface area contributed by atoms with Crippen LogP contribution in [-0.4, -0.2) is 63.9 Å². The van der Waals surface area contributed by atoms with Crippen LogP contribution in [0, 0.1) is 11.8 Å². The van der Waals surface area contributed by atoms with Gasteiger partial charge in [-0.1, -0.05) is 12.2 Å². The average molecular weight is 402 g/mol. The van der Waals surface area contributed by atoms with Gasteiger partial charge in [-0.2, -0.15) is 0 Å². The molecule has 1 spiro atoms. The van der Waals surface area contributed by atoms with Crippen molar-refractivity contribution in [3.05, 3.63) is 30.4 Å². The number of anilines is 1. The highest BCUT2D eigenvalue weighted by molar-refractivity contribution is 6.03. The largest absolute Gasteiger partial charge is 0.454 e. The van der Waals surface area contributed by atoms with E-state index in [1.54, 1.807) is 17.0 Å². The summed E-state index contributed by atoms with van der Waals surface area (Å²) >= 11 is 0. The van der Waals surface area contributed by atoms with Crippen LogP contribution < -0.4 is 19.7 Å². The number of amides is 2. The van der Waals surface area contributed by atoms with Gasteiger partial charge in [0.25, 0.3) is 0 Å². The number of fused-ring (bicyclic) bond motifs is 2. The number of hydrogen-bond acceptors (Lipinski definition) is 7. The van der Waals surface area contributed by atoms with Gasteiger partial charge in [0, 0.05) is 26.0 Å². The first-order chi connectivity index (χ1) is 14.1. The molecule has 2 fully saturated rings. The fourth-order valence-electron chi connectivity index (χ4n) is 4.63. The SMILES string of the molecule is COC(CNC(=O)[C@@H]1[C@H]2C(=O)N(c3ccc4c(c3)OCO4)C[C@]23C=C[C@H]1O3)OC. The first-order valence-corrected chi connectivity index (χ1v) is 9.48. The number of nitrogens with one attached hydrogen (secondary N) is 1. The Labute approximate surface area is 167 Å². The molecule has 1 aromatic rings. The van der Waals surface area contributed by atoms with Crippen molar-refractivity contribution >= 4 is 17.5 Å². The maximum atomic E-state index is 13.3. The van der Waals surface area contributed by atoms with E-state index in [1.165, 1.54) is 14.2 Å². The van der Waals surface area contributed by atoms with E-state index in [0.717, 1.165) is 0 Å². The molecule has 0 unspecified atom stereocenters. The fraction of sp³-hybridized carbons (Fsp3) is 0.500. The summed E-state index contributed by atoms with van der Waals surface area (Å²) in [6.07, 6.45) is 2.84. The van der Waals surface area contributed by atoms with Crippen LogP contribution >= 0.6 is 0 Å². The minimum atomic E-state index is -0.790. The molecule has 9 nitrogen and oxygen atoms in total. The van der Waals surface area contributed by atoms with Crippen molar-refractivity contribution in [2.45, 2.75) is 18.0 Å². The second-order valence-electron chi connectivity index (χ2n) is 7.51. The minimum absolute atomic E-state index is 0.133. The highest BCUT2D eigenvalue weighted by Gasteiger charge is 2.67. The number of carbonyl (C=O) groups is 2. The van der Waals surface area contributed by atoms with Crippen LogP contribution in [0.5, 0.6) is 11.5 Å². The third-order valence-corrected chi connectivity index (χ3v) is 6.04. The van der Waals surface area contributed by atoms with Gasteiger partial charge in [-0.3, -0.25) is 9.59 Å². The molecule has 4 heterocycles. The Morgan fingerprint density at radius 3 is 2.90 bits per heavy atom. The summed E-state index contributed by atoms with van der Waals surface area (Å²) in [5.74, 6) is -0.298. The smallest absolute Gasteiger partial charge is 0.234 e. The lowest BCUT2D eigenvalue weighted by Crippen LogP contribution is -2.46. The molecule has 2 bridgehead atoms. The zero-order valence-corrected chi connectivity index (χ0v) is 16.1. The molecule has 0 radical (unpaired) electrons. The molecule has 0 aromatic heterocycles. The topological polar surface area (TPSA) is 95.6 Å². The molecule has 4 atom stereocenters. The first kappa shape index (κ1) is 18.4. The van der Waals surface area contributed by atoms with Gasteiger partial charge in [0.05, 0.1) is 31.0 Å². The number of ether oxygens (including phenoxy) is 5. The quantitative estimate of drug-likeness (QED) is 0.545. The lowest BCUT2D eigenvalue weighted by molar-refractivity contribution is -0.135. The first-order valence-electron chi connectivity index (χ1n) is 9.48. The van der Waals surface area contributed by atoms with Gasteiger partial charge in [0.2, 0.25) is 18.6 Å². The van der Waals surface area contributed by atoms with Crippen LogP contribution in [0.4, 0.5) is 5.69 Å². The molecule has 4 aliphatic heterocycles. The number of methoxy groups -OCH3 is 2. The van der Waals surface area contributed by atoms with E-state index in [9.17, 15) is 9.59 Å². The summed E-state index contributed by atoms with van der Waals surface area (Å²) in [5.41, 5.74) is -0.0938. The van der Waals surface area contributed by atoms with Crippen molar-refractivity contribution in [1.29, 1.82) is 0 Å². The molecule has 0 saturated carbocycles. The van der Waals surface area contributed by atoms with Gasteiger partial charge in [-0.05, 0) is 12.1 Å². The van der Waals surface area contributed by atoms with Crippen LogP contribution in [0.25, 0.3) is 0 Å². The van der Waals surface area contributed by atoms with E-state index in [2.05, 4.69) is 5.32 Å². The summed E-state index contributed by atoms with van der Waals surface area (Å²) in [5, 5.41) is 2.82. The molecule has 154 valence electrons. The maximum Gasteiger partial charge on any atom is 0.234 e. The van der Waals surface area contributed by atoms with Gasteiger partial charge in [-0.25, -0.2) is 0 Å². The monoisotopic (exact) mass is 402 g/mol. The van der Waals surface area contributed by atoms with Crippen molar-refractivity contribution in [3.63, 3.8) is 0 Å². The molecule has 29 heavy (non-hydrogen) atoms. The Hall–Kier alpha value is -2.62. The number of carbonyl (C=O) groups excluding carboxylic acids is 2. The van der Waals surface area contributed by atoms with Crippen LogP contribution in [0.2, 0.25) is 0 Å². The number of nitrogens with zero attached hydrogens (tertiary/aromatic N) is 1. The summed E-state index contributed by atoms with van der Waals surface area (Å²) < 4.78 is 27.1. The van der Waals surface area contributed by atoms with Gasteiger partial charge < -0.3 is 33.9 Å². The number of hydrogen-bond donors (Lipinski definition) is 1. The Morgan fingerprint density at radius 1 is 1.31 bits per heavy atom. The lowest BCUT2D eigenvalue weighted by atomic mass is 9.77. The molecular weight excluding hydrogens is 380 g/mol. The predicted molar refractivity (Wildman–Crippen MR) is 99.5 cm³/mol. The molecule has 9 heteroatoms. The molecule has 1 aromatic carbocycles. The van der Waals surface area contributed by atoms with Crippen LogP contribution in [0.3, 0.4) is 0 Å². The van der Waals surface area contributed by atoms with Gasteiger partial charge >= 0.3 is 0 Å². The van der Waals surface area contributed by atoms with E-state index in [1.807, 2.05) is 18.2 Å². The minimum Gasteiger partial charge on any atom is -0.454 e.